The van der Waals surface area contributed by atoms with E-state index in [2.05, 4.69) is 10.1 Å². The topological polar surface area (TPSA) is 74.2 Å². The van der Waals surface area contributed by atoms with Crippen LogP contribution in [0.4, 0.5) is 4.39 Å². The fourth-order valence-electron chi connectivity index (χ4n) is 1.82. The van der Waals surface area contributed by atoms with Crippen molar-refractivity contribution in [3.63, 3.8) is 0 Å². The molecule has 0 aliphatic rings. The Hall–Kier alpha value is -1.95. The molecular formula is C14H18FN3O2. The van der Waals surface area contributed by atoms with E-state index >= 15 is 0 Å². The Morgan fingerprint density at radius 1 is 1.45 bits per heavy atom. The van der Waals surface area contributed by atoms with Gasteiger partial charge in [-0.2, -0.15) is 4.98 Å². The van der Waals surface area contributed by atoms with Crippen LogP contribution in [0.2, 0.25) is 0 Å². The summed E-state index contributed by atoms with van der Waals surface area (Å²) < 4.78 is 23.9. The van der Waals surface area contributed by atoms with Gasteiger partial charge < -0.3 is 15.0 Å². The number of benzene rings is 1. The van der Waals surface area contributed by atoms with E-state index < -0.39 is 0 Å². The van der Waals surface area contributed by atoms with E-state index in [9.17, 15) is 4.39 Å². The van der Waals surface area contributed by atoms with Crippen LogP contribution in [0.3, 0.4) is 0 Å². The molecule has 0 radical (unpaired) electrons. The summed E-state index contributed by atoms with van der Waals surface area (Å²) in [6.07, 6.45) is 1.72. The monoisotopic (exact) mass is 279 g/mol. The van der Waals surface area contributed by atoms with E-state index in [0.717, 1.165) is 12.8 Å². The Morgan fingerprint density at radius 2 is 2.25 bits per heavy atom. The highest BCUT2D eigenvalue weighted by Gasteiger charge is 2.12. The van der Waals surface area contributed by atoms with Crippen molar-refractivity contribution in [2.45, 2.75) is 39.3 Å². The molecular weight excluding hydrogens is 261 g/mol. The molecule has 0 amide bonds. The van der Waals surface area contributed by atoms with E-state index in [4.69, 9.17) is 15.0 Å². The summed E-state index contributed by atoms with van der Waals surface area (Å²) in [7, 11) is 0. The molecule has 2 rings (SSSR count). The first-order chi connectivity index (χ1) is 9.60. The number of aromatic nitrogens is 2. The zero-order valence-corrected chi connectivity index (χ0v) is 11.6. The predicted octanol–water partition coefficient (Wildman–Crippen LogP) is 2.76. The van der Waals surface area contributed by atoms with Crippen LogP contribution in [0.25, 0.3) is 0 Å². The molecule has 0 fully saturated rings. The number of rotatable bonds is 6. The summed E-state index contributed by atoms with van der Waals surface area (Å²) in [5.74, 6) is 1.25. The van der Waals surface area contributed by atoms with E-state index in [1.807, 2.05) is 6.92 Å². The summed E-state index contributed by atoms with van der Waals surface area (Å²) in [6, 6.07) is 3.93. The molecule has 1 aromatic carbocycles. The summed E-state index contributed by atoms with van der Waals surface area (Å²) in [5.41, 5.74) is 6.41. The normalized spacial score (nSPS) is 12.4. The van der Waals surface area contributed by atoms with Crippen LogP contribution in [0.15, 0.2) is 22.7 Å². The van der Waals surface area contributed by atoms with Gasteiger partial charge >= 0.3 is 0 Å². The maximum Gasteiger partial charge on any atom is 0.264 e. The van der Waals surface area contributed by atoms with Crippen LogP contribution in [0.5, 0.6) is 5.75 Å². The fourth-order valence-corrected chi connectivity index (χ4v) is 1.82. The average Bonchev–Trinajstić information content (AvgIpc) is 2.85. The number of ether oxygens (including phenoxy) is 1. The van der Waals surface area contributed by atoms with Gasteiger partial charge in [0.1, 0.15) is 11.6 Å². The van der Waals surface area contributed by atoms with Crippen molar-refractivity contribution in [1.29, 1.82) is 0 Å². The summed E-state index contributed by atoms with van der Waals surface area (Å²) >= 11 is 0. The molecule has 1 aromatic heterocycles. The number of nitrogens with zero attached hydrogens (tertiary/aromatic N) is 2. The molecule has 6 heteroatoms. The Balaban J connectivity index is 2.06. The van der Waals surface area contributed by atoms with Gasteiger partial charge in [0, 0.05) is 18.0 Å². The van der Waals surface area contributed by atoms with Gasteiger partial charge in [-0.1, -0.05) is 12.1 Å². The van der Waals surface area contributed by atoms with E-state index in [0.29, 0.717) is 23.0 Å². The highest BCUT2D eigenvalue weighted by Crippen LogP contribution is 2.25. The van der Waals surface area contributed by atoms with Gasteiger partial charge in [-0.3, -0.25) is 0 Å². The first-order valence-electron chi connectivity index (χ1n) is 6.59. The lowest BCUT2D eigenvalue weighted by molar-refractivity contribution is 0.239. The molecule has 0 aliphatic heterocycles. The molecule has 108 valence electrons. The third-order valence-electron chi connectivity index (χ3n) is 2.80. The van der Waals surface area contributed by atoms with E-state index in [1.54, 1.807) is 13.0 Å². The van der Waals surface area contributed by atoms with Crippen molar-refractivity contribution in [3.8, 4) is 5.75 Å². The quantitative estimate of drug-likeness (QED) is 0.880. The van der Waals surface area contributed by atoms with Gasteiger partial charge in [0.05, 0.1) is 0 Å². The van der Waals surface area contributed by atoms with Crippen molar-refractivity contribution < 1.29 is 13.7 Å². The first-order valence-corrected chi connectivity index (χ1v) is 6.59. The lowest BCUT2D eigenvalue weighted by Crippen LogP contribution is -2.08. The molecule has 2 aromatic rings. The first kappa shape index (κ1) is 14.5. The Bertz CT molecular complexity index is 569. The fraction of sp³-hybridized carbons (Fsp3) is 0.429. The SMILES string of the molecule is CCCc1noc(COc2ccc(F)cc2[C@H](C)N)n1. The Labute approximate surface area is 116 Å². The number of hydrogen-bond donors (Lipinski definition) is 1. The predicted molar refractivity (Wildman–Crippen MR) is 71.6 cm³/mol. The van der Waals surface area contributed by atoms with Crippen molar-refractivity contribution in [2.24, 2.45) is 5.73 Å². The molecule has 1 atom stereocenters. The molecule has 2 N–H and O–H groups in total. The Kier molecular flexibility index (Phi) is 4.68. The molecule has 0 saturated carbocycles. The highest BCUT2D eigenvalue weighted by atomic mass is 19.1. The third-order valence-corrected chi connectivity index (χ3v) is 2.80. The van der Waals surface area contributed by atoms with Crippen molar-refractivity contribution in [2.75, 3.05) is 0 Å². The molecule has 0 aliphatic carbocycles. The maximum atomic E-state index is 13.2. The molecule has 1 heterocycles. The Morgan fingerprint density at radius 3 is 2.95 bits per heavy atom. The average molecular weight is 279 g/mol. The molecule has 0 bridgehead atoms. The second-order valence-electron chi connectivity index (χ2n) is 4.61. The number of halogens is 1. The van der Waals surface area contributed by atoms with Gasteiger partial charge in [0.25, 0.3) is 5.89 Å². The minimum Gasteiger partial charge on any atom is -0.483 e. The number of nitrogens with two attached hydrogens (primary N) is 1. The maximum absolute atomic E-state index is 13.2. The standard InChI is InChI=1S/C14H18FN3O2/c1-3-4-13-17-14(20-18-13)8-19-12-6-5-10(15)7-11(12)9(2)16/h5-7,9H,3-4,8,16H2,1-2H3/t9-/m0/s1. The molecule has 20 heavy (non-hydrogen) atoms. The zero-order chi connectivity index (χ0) is 14.5. The van der Waals surface area contributed by atoms with Gasteiger partial charge in [-0.05, 0) is 31.5 Å². The molecule has 0 spiro atoms. The van der Waals surface area contributed by atoms with Crippen molar-refractivity contribution in [3.05, 3.63) is 41.3 Å². The third kappa shape index (κ3) is 3.54. The van der Waals surface area contributed by atoms with Crippen LogP contribution < -0.4 is 10.5 Å². The minimum atomic E-state index is -0.340. The van der Waals surface area contributed by atoms with Crippen LogP contribution >= 0.6 is 0 Å². The number of aryl methyl sites for hydroxylation is 1. The largest absolute Gasteiger partial charge is 0.483 e. The minimum absolute atomic E-state index is 0.141. The van der Waals surface area contributed by atoms with Crippen LogP contribution in [0, 0.1) is 5.82 Å². The van der Waals surface area contributed by atoms with Gasteiger partial charge in [-0.15, -0.1) is 0 Å². The van der Waals surface area contributed by atoms with Gasteiger partial charge in [0.15, 0.2) is 12.4 Å². The van der Waals surface area contributed by atoms with Gasteiger partial charge in [-0.25, -0.2) is 4.39 Å². The molecule has 5 nitrogen and oxygen atoms in total. The van der Waals surface area contributed by atoms with E-state index in [1.165, 1.54) is 12.1 Å². The van der Waals surface area contributed by atoms with Gasteiger partial charge in [0.2, 0.25) is 0 Å². The number of hydrogen-bond acceptors (Lipinski definition) is 5. The highest BCUT2D eigenvalue weighted by molar-refractivity contribution is 5.36. The molecule has 0 unspecified atom stereocenters. The summed E-state index contributed by atoms with van der Waals surface area (Å²) in [5, 5.41) is 3.84. The summed E-state index contributed by atoms with van der Waals surface area (Å²) in [6.45, 7) is 3.95. The lowest BCUT2D eigenvalue weighted by atomic mass is 10.1. The van der Waals surface area contributed by atoms with Crippen LogP contribution in [-0.4, -0.2) is 10.1 Å². The lowest BCUT2D eigenvalue weighted by Gasteiger charge is -2.12. The van der Waals surface area contributed by atoms with E-state index in [-0.39, 0.29) is 18.5 Å². The van der Waals surface area contributed by atoms with Crippen molar-refractivity contribution >= 4 is 0 Å². The van der Waals surface area contributed by atoms with Crippen LogP contribution in [0.1, 0.15) is 43.6 Å². The zero-order valence-electron chi connectivity index (χ0n) is 11.6. The second-order valence-corrected chi connectivity index (χ2v) is 4.61. The summed E-state index contributed by atoms with van der Waals surface area (Å²) in [4.78, 5) is 4.20. The van der Waals surface area contributed by atoms with Crippen LogP contribution in [-0.2, 0) is 13.0 Å². The second kappa shape index (κ2) is 6.47. The smallest absolute Gasteiger partial charge is 0.264 e. The van der Waals surface area contributed by atoms with Crippen molar-refractivity contribution in [1.82, 2.24) is 10.1 Å². The molecule has 0 saturated heterocycles.